The summed E-state index contributed by atoms with van der Waals surface area (Å²) in [6.45, 7) is 1.63. The number of benzene rings is 2. The number of rotatable bonds is 9. The van der Waals surface area contributed by atoms with Crippen LogP contribution in [0.25, 0.3) is 11.3 Å². The summed E-state index contributed by atoms with van der Waals surface area (Å²) in [6.07, 6.45) is 0.966. The summed E-state index contributed by atoms with van der Waals surface area (Å²) in [7, 11) is 4.35. The number of nitrogens with one attached hydrogen (secondary N) is 1. The van der Waals surface area contributed by atoms with Gasteiger partial charge in [0.25, 0.3) is 5.91 Å². The molecule has 3 aromatic rings. The molecule has 0 saturated heterocycles. The fraction of sp³-hybridized carbons (Fsp3) is 0.261. The van der Waals surface area contributed by atoms with Crippen LogP contribution in [0.3, 0.4) is 0 Å². The third kappa shape index (κ3) is 5.36. The number of carbonyl (C=O) groups is 2. The summed E-state index contributed by atoms with van der Waals surface area (Å²) >= 11 is 1.30. The van der Waals surface area contributed by atoms with Gasteiger partial charge in [-0.15, -0.1) is 11.3 Å². The van der Waals surface area contributed by atoms with Crippen LogP contribution in [0.5, 0.6) is 17.2 Å². The molecule has 1 amide bonds. The molecule has 0 fully saturated rings. The predicted octanol–water partition coefficient (Wildman–Crippen LogP) is 4.19. The van der Waals surface area contributed by atoms with Gasteiger partial charge in [0, 0.05) is 10.9 Å². The second-order valence-corrected chi connectivity index (χ2v) is 7.48. The number of esters is 1. The van der Waals surface area contributed by atoms with Crippen molar-refractivity contribution in [1.29, 1.82) is 0 Å². The van der Waals surface area contributed by atoms with E-state index in [-0.39, 0.29) is 5.56 Å². The van der Waals surface area contributed by atoms with Crippen molar-refractivity contribution in [1.82, 2.24) is 4.98 Å². The van der Waals surface area contributed by atoms with E-state index in [0.29, 0.717) is 22.4 Å². The smallest absolute Gasteiger partial charge is 0.338 e. The van der Waals surface area contributed by atoms with Crippen molar-refractivity contribution < 1.29 is 28.5 Å². The molecule has 8 nitrogen and oxygen atoms in total. The van der Waals surface area contributed by atoms with Gasteiger partial charge in [-0.3, -0.25) is 10.1 Å². The molecule has 168 valence electrons. The molecule has 0 saturated carbocycles. The van der Waals surface area contributed by atoms with E-state index in [1.807, 2.05) is 17.5 Å². The monoisotopic (exact) mass is 456 g/mol. The summed E-state index contributed by atoms with van der Waals surface area (Å²) in [6, 6.07) is 11.0. The van der Waals surface area contributed by atoms with Crippen molar-refractivity contribution in [2.75, 3.05) is 33.3 Å². The van der Waals surface area contributed by atoms with Crippen LogP contribution in [-0.2, 0) is 16.0 Å². The van der Waals surface area contributed by atoms with E-state index in [4.69, 9.17) is 18.9 Å². The van der Waals surface area contributed by atoms with Crippen molar-refractivity contribution in [3.8, 4) is 28.5 Å². The minimum absolute atomic E-state index is 0.166. The summed E-state index contributed by atoms with van der Waals surface area (Å²) in [5.41, 5.74) is 3.14. The average molecular weight is 457 g/mol. The lowest BCUT2D eigenvalue weighted by Crippen LogP contribution is -2.21. The van der Waals surface area contributed by atoms with Gasteiger partial charge in [0.2, 0.25) is 5.75 Å². The summed E-state index contributed by atoms with van der Waals surface area (Å²) in [5, 5.41) is 4.93. The maximum absolute atomic E-state index is 12.4. The van der Waals surface area contributed by atoms with Crippen molar-refractivity contribution in [2.45, 2.75) is 13.3 Å². The summed E-state index contributed by atoms with van der Waals surface area (Å²) in [5.74, 6) is -0.215. The van der Waals surface area contributed by atoms with Gasteiger partial charge < -0.3 is 18.9 Å². The Morgan fingerprint density at radius 1 is 1.00 bits per heavy atom. The normalized spacial score (nSPS) is 10.4. The van der Waals surface area contributed by atoms with E-state index >= 15 is 0 Å². The molecule has 0 aliphatic heterocycles. The number of aromatic nitrogens is 1. The van der Waals surface area contributed by atoms with Gasteiger partial charge >= 0.3 is 5.97 Å². The lowest BCUT2D eigenvalue weighted by Gasteiger charge is -2.13. The quantitative estimate of drug-likeness (QED) is 0.482. The molecule has 3 rings (SSSR count). The summed E-state index contributed by atoms with van der Waals surface area (Å²) < 4.78 is 20.8. The number of hydrogen-bond donors (Lipinski definition) is 1. The zero-order valence-corrected chi connectivity index (χ0v) is 19.1. The number of anilines is 1. The van der Waals surface area contributed by atoms with E-state index in [2.05, 4.69) is 29.4 Å². The van der Waals surface area contributed by atoms with Gasteiger partial charge in [0.1, 0.15) is 0 Å². The number of aryl methyl sites for hydroxylation is 1. The van der Waals surface area contributed by atoms with Crippen LogP contribution in [0.4, 0.5) is 5.13 Å². The number of hydrogen-bond acceptors (Lipinski definition) is 8. The average Bonchev–Trinajstić information content (AvgIpc) is 3.29. The molecule has 9 heteroatoms. The van der Waals surface area contributed by atoms with E-state index in [1.165, 1.54) is 50.4 Å². The highest BCUT2D eigenvalue weighted by Gasteiger charge is 2.19. The molecule has 0 bridgehead atoms. The highest BCUT2D eigenvalue weighted by molar-refractivity contribution is 7.14. The minimum atomic E-state index is -0.699. The SMILES string of the molecule is CCc1ccc(-c2csc(NC(=O)COC(=O)c3cc(OC)c(OC)c(OC)c3)n2)cc1. The van der Waals surface area contributed by atoms with Gasteiger partial charge in [-0.05, 0) is 24.1 Å². The number of carbonyl (C=O) groups excluding carboxylic acids is 2. The third-order valence-electron chi connectivity index (χ3n) is 4.64. The van der Waals surface area contributed by atoms with Crippen LogP contribution in [0.1, 0.15) is 22.8 Å². The molecule has 32 heavy (non-hydrogen) atoms. The first-order valence-corrected chi connectivity index (χ1v) is 10.7. The predicted molar refractivity (Wildman–Crippen MR) is 122 cm³/mol. The van der Waals surface area contributed by atoms with E-state index in [0.717, 1.165) is 17.7 Å². The van der Waals surface area contributed by atoms with Crippen LogP contribution in [-0.4, -0.2) is 44.8 Å². The lowest BCUT2D eigenvalue weighted by molar-refractivity contribution is -0.119. The fourth-order valence-electron chi connectivity index (χ4n) is 2.94. The molecule has 0 radical (unpaired) electrons. The van der Waals surface area contributed by atoms with Crippen LogP contribution in [0.15, 0.2) is 41.8 Å². The third-order valence-corrected chi connectivity index (χ3v) is 5.40. The van der Waals surface area contributed by atoms with Gasteiger partial charge in [-0.1, -0.05) is 31.2 Å². The van der Waals surface area contributed by atoms with Crippen LogP contribution in [0, 0.1) is 0 Å². The van der Waals surface area contributed by atoms with Crippen LogP contribution >= 0.6 is 11.3 Å². The number of amides is 1. The fourth-order valence-corrected chi connectivity index (χ4v) is 3.68. The molecule has 0 aliphatic carbocycles. The largest absolute Gasteiger partial charge is 0.493 e. The second-order valence-electron chi connectivity index (χ2n) is 6.63. The van der Waals surface area contributed by atoms with Gasteiger partial charge in [0.15, 0.2) is 23.2 Å². The Morgan fingerprint density at radius 2 is 1.66 bits per heavy atom. The minimum Gasteiger partial charge on any atom is -0.493 e. The zero-order chi connectivity index (χ0) is 23.1. The number of methoxy groups -OCH3 is 3. The van der Waals surface area contributed by atoms with Crippen LogP contribution < -0.4 is 19.5 Å². The van der Waals surface area contributed by atoms with Crippen molar-refractivity contribution in [2.24, 2.45) is 0 Å². The maximum Gasteiger partial charge on any atom is 0.338 e. The second kappa shape index (κ2) is 10.6. The van der Waals surface area contributed by atoms with Crippen LogP contribution in [0.2, 0.25) is 0 Å². The number of ether oxygens (including phenoxy) is 4. The summed E-state index contributed by atoms with van der Waals surface area (Å²) in [4.78, 5) is 29.1. The Hall–Kier alpha value is -3.59. The molecule has 0 spiro atoms. The maximum atomic E-state index is 12.4. The molecule has 0 unspecified atom stereocenters. The molecular weight excluding hydrogens is 432 g/mol. The molecule has 0 aliphatic rings. The molecule has 1 aromatic heterocycles. The lowest BCUT2D eigenvalue weighted by atomic mass is 10.1. The highest BCUT2D eigenvalue weighted by atomic mass is 32.1. The van der Waals surface area contributed by atoms with Gasteiger partial charge in [0.05, 0.1) is 32.6 Å². The van der Waals surface area contributed by atoms with Crippen molar-refractivity contribution in [3.63, 3.8) is 0 Å². The molecule has 1 heterocycles. The number of nitrogens with zero attached hydrogens (tertiary/aromatic N) is 1. The van der Waals surface area contributed by atoms with Crippen molar-refractivity contribution >= 4 is 28.3 Å². The first-order chi connectivity index (χ1) is 15.5. The zero-order valence-electron chi connectivity index (χ0n) is 18.3. The molecule has 0 atom stereocenters. The Balaban J connectivity index is 1.60. The topological polar surface area (TPSA) is 96.0 Å². The van der Waals surface area contributed by atoms with E-state index in [9.17, 15) is 9.59 Å². The Kier molecular flexibility index (Phi) is 7.67. The highest BCUT2D eigenvalue weighted by Crippen LogP contribution is 2.38. The Labute approximate surface area is 190 Å². The Morgan fingerprint density at radius 3 is 2.22 bits per heavy atom. The number of thiazole rings is 1. The van der Waals surface area contributed by atoms with Crippen molar-refractivity contribution in [3.05, 3.63) is 52.9 Å². The molecule has 1 N–H and O–H groups in total. The standard InChI is InChI=1S/C23H24N2O6S/c1-5-14-6-8-15(9-7-14)17-13-32-23(24-17)25-20(26)12-31-22(27)16-10-18(28-2)21(30-4)19(11-16)29-3/h6-11,13H,5,12H2,1-4H3,(H,24,25,26). The first-order valence-electron chi connectivity index (χ1n) is 9.80. The van der Waals surface area contributed by atoms with E-state index in [1.54, 1.807) is 0 Å². The molecular formula is C23H24N2O6S. The van der Waals surface area contributed by atoms with E-state index < -0.39 is 18.5 Å². The first kappa shape index (κ1) is 23.1. The Bertz CT molecular complexity index is 1070. The van der Waals surface area contributed by atoms with Gasteiger partial charge in [-0.25, -0.2) is 9.78 Å². The van der Waals surface area contributed by atoms with Gasteiger partial charge in [-0.2, -0.15) is 0 Å². The molecule has 2 aromatic carbocycles.